The highest BCUT2D eigenvalue weighted by Crippen LogP contribution is 2.18. The van der Waals surface area contributed by atoms with Gasteiger partial charge in [-0.2, -0.15) is 0 Å². The quantitative estimate of drug-likeness (QED) is 0.706. The number of rotatable bonds is 8. The second-order valence-electron chi connectivity index (χ2n) is 3.67. The minimum atomic E-state index is -0.129. The lowest BCUT2D eigenvalue weighted by atomic mass is 10.3. The van der Waals surface area contributed by atoms with Crippen molar-refractivity contribution < 1.29 is 14.3 Å². The van der Waals surface area contributed by atoms with Crippen LogP contribution in [-0.2, 0) is 4.79 Å². The van der Waals surface area contributed by atoms with E-state index in [9.17, 15) is 4.79 Å². The molecule has 19 heavy (non-hydrogen) atoms. The Morgan fingerprint density at radius 1 is 1.26 bits per heavy atom. The molecule has 6 heteroatoms. The fraction of sp³-hybridized carbons (Fsp3) is 0.462. The average Bonchev–Trinajstić information content (AvgIpc) is 2.41. The zero-order chi connectivity index (χ0) is 13.2. The molecule has 0 aliphatic carbocycles. The molecule has 108 valence electrons. The third-order valence-corrected chi connectivity index (χ3v) is 2.29. The molecule has 0 unspecified atom stereocenters. The Bertz CT molecular complexity index is 375. The van der Waals surface area contributed by atoms with E-state index in [1.807, 2.05) is 19.1 Å². The van der Waals surface area contributed by atoms with Crippen LogP contribution in [0.5, 0.6) is 11.5 Å². The van der Waals surface area contributed by atoms with Crippen LogP contribution in [0, 0.1) is 0 Å². The molecule has 1 aromatic carbocycles. The number of nitrogens with one attached hydrogen (secondary N) is 2. The van der Waals surface area contributed by atoms with Crippen molar-refractivity contribution in [3.63, 3.8) is 0 Å². The normalized spacial score (nSPS) is 9.37. The molecule has 1 rings (SSSR count). The van der Waals surface area contributed by atoms with Gasteiger partial charge in [-0.15, -0.1) is 12.4 Å². The molecule has 0 heterocycles. The zero-order valence-corrected chi connectivity index (χ0v) is 12.1. The highest BCUT2D eigenvalue weighted by Gasteiger charge is 2.02. The number of benzene rings is 1. The summed E-state index contributed by atoms with van der Waals surface area (Å²) in [6.07, 6.45) is 0. The van der Waals surface area contributed by atoms with Crippen LogP contribution in [0.1, 0.15) is 6.92 Å². The van der Waals surface area contributed by atoms with Crippen molar-refractivity contribution in [2.75, 3.05) is 33.4 Å². The number of ether oxygens (including phenoxy) is 2. The molecule has 1 aromatic rings. The van der Waals surface area contributed by atoms with Crippen LogP contribution in [-0.4, -0.2) is 39.3 Å². The van der Waals surface area contributed by atoms with E-state index >= 15 is 0 Å². The van der Waals surface area contributed by atoms with Crippen molar-refractivity contribution in [1.82, 2.24) is 10.6 Å². The molecular formula is C13H21ClN2O3. The fourth-order valence-electron chi connectivity index (χ4n) is 1.36. The zero-order valence-electron chi connectivity index (χ0n) is 11.3. The number of methoxy groups -OCH3 is 1. The Hall–Kier alpha value is -1.46. The van der Waals surface area contributed by atoms with Crippen LogP contribution in [0.4, 0.5) is 0 Å². The molecule has 0 atom stereocenters. The van der Waals surface area contributed by atoms with Gasteiger partial charge in [0.25, 0.3) is 5.91 Å². The summed E-state index contributed by atoms with van der Waals surface area (Å²) < 4.78 is 10.4. The van der Waals surface area contributed by atoms with Gasteiger partial charge >= 0.3 is 0 Å². The summed E-state index contributed by atoms with van der Waals surface area (Å²) in [5.74, 6) is 1.20. The van der Waals surface area contributed by atoms with Crippen molar-refractivity contribution in [3.05, 3.63) is 24.3 Å². The first-order valence-electron chi connectivity index (χ1n) is 6.00. The Kier molecular flexibility index (Phi) is 9.66. The Labute approximate surface area is 120 Å². The lowest BCUT2D eigenvalue weighted by molar-refractivity contribution is -0.123. The van der Waals surface area contributed by atoms with E-state index in [1.165, 1.54) is 0 Å². The van der Waals surface area contributed by atoms with E-state index in [-0.39, 0.29) is 24.9 Å². The molecule has 0 spiro atoms. The van der Waals surface area contributed by atoms with Gasteiger partial charge in [-0.1, -0.05) is 13.0 Å². The number of carbonyl (C=O) groups is 1. The van der Waals surface area contributed by atoms with Crippen LogP contribution in [0.3, 0.4) is 0 Å². The number of hydrogen-bond donors (Lipinski definition) is 2. The van der Waals surface area contributed by atoms with Crippen molar-refractivity contribution >= 4 is 18.3 Å². The molecule has 1 amide bonds. The molecule has 0 bridgehead atoms. The maximum atomic E-state index is 11.4. The second-order valence-corrected chi connectivity index (χ2v) is 3.67. The summed E-state index contributed by atoms with van der Waals surface area (Å²) in [7, 11) is 1.59. The molecule has 0 saturated heterocycles. The average molecular weight is 289 g/mol. The predicted molar refractivity (Wildman–Crippen MR) is 77.3 cm³/mol. The topological polar surface area (TPSA) is 59.6 Å². The predicted octanol–water partition coefficient (Wildman–Crippen LogP) is 1.22. The van der Waals surface area contributed by atoms with Crippen LogP contribution in [0.15, 0.2) is 24.3 Å². The van der Waals surface area contributed by atoms with E-state index in [4.69, 9.17) is 9.47 Å². The van der Waals surface area contributed by atoms with Crippen molar-refractivity contribution in [2.24, 2.45) is 0 Å². The third-order valence-electron chi connectivity index (χ3n) is 2.29. The van der Waals surface area contributed by atoms with Crippen LogP contribution < -0.4 is 20.1 Å². The summed E-state index contributed by atoms with van der Waals surface area (Å²) in [5, 5.41) is 5.88. The Balaban J connectivity index is 0.00000324. The van der Waals surface area contributed by atoms with Crippen molar-refractivity contribution in [2.45, 2.75) is 6.92 Å². The van der Waals surface area contributed by atoms with Gasteiger partial charge in [0.05, 0.1) is 7.11 Å². The summed E-state index contributed by atoms with van der Waals surface area (Å²) in [4.78, 5) is 11.4. The number of hydrogen-bond acceptors (Lipinski definition) is 4. The van der Waals surface area contributed by atoms with Crippen LogP contribution in [0.2, 0.25) is 0 Å². The summed E-state index contributed by atoms with van der Waals surface area (Å²) in [6, 6.07) is 7.17. The molecule has 0 radical (unpaired) electrons. The minimum Gasteiger partial charge on any atom is -0.497 e. The first kappa shape index (κ1) is 17.5. The number of halogens is 1. The minimum absolute atomic E-state index is 0. The number of carbonyl (C=O) groups excluding carboxylic acids is 1. The lowest BCUT2D eigenvalue weighted by Crippen LogP contribution is -2.34. The standard InChI is InChI=1S/C13H20N2O3.ClH/c1-3-14-7-8-15-13(16)10-18-12-6-4-5-11(9-12)17-2;/h4-6,9,14H,3,7-8,10H2,1-2H3,(H,15,16);1H. The second kappa shape index (κ2) is 10.5. The first-order valence-corrected chi connectivity index (χ1v) is 6.00. The molecule has 0 saturated carbocycles. The highest BCUT2D eigenvalue weighted by atomic mass is 35.5. The summed E-state index contributed by atoms with van der Waals surface area (Å²) >= 11 is 0. The molecular weight excluding hydrogens is 268 g/mol. The van der Waals surface area contributed by atoms with Crippen LogP contribution >= 0.6 is 12.4 Å². The van der Waals surface area contributed by atoms with E-state index in [2.05, 4.69) is 10.6 Å². The molecule has 5 nitrogen and oxygen atoms in total. The van der Waals surface area contributed by atoms with Gasteiger partial charge in [-0.05, 0) is 18.7 Å². The number of amides is 1. The fourth-order valence-corrected chi connectivity index (χ4v) is 1.36. The Morgan fingerprint density at radius 2 is 2.00 bits per heavy atom. The van der Waals surface area contributed by atoms with Gasteiger partial charge in [0, 0.05) is 19.2 Å². The smallest absolute Gasteiger partial charge is 0.257 e. The largest absolute Gasteiger partial charge is 0.497 e. The van der Waals surface area contributed by atoms with Gasteiger partial charge in [-0.3, -0.25) is 4.79 Å². The third kappa shape index (κ3) is 7.54. The molecule has 0 fully saturated rings. The highest BCUT2D eigenvalue weighted by molar-refractivity contribution is 5.85. The van der Waals surface area contributed by atoms with E-state index in [0.717, 1.165) is 13.1 Å². The molecule has 0 aromatic heterocycles. The van der Waals surface area contributed by atoms with Gasteiger partial charge in [0.1, 0.15) is 11.5 Å². The maximum Gasteiger partial charge on any atom is 0.257 e. The van der Waals surface area contributed by atoms with Gasteiger partial charge in [-0.25, -0.2) is 0 Å². The van der Waals surface area contributed by atoms with Crippen LogP contribution in [0.25, 0.3) is 0 Å². The van der Waals surface area contributed by atoms with Gasteiger partial charge in [0.15, 0.2) is 6.61 Å². The van der Waals surface area contributed by atoms with Crippen molar-refractivity contribution in [3.8, 4) is 11.5 Å². The Morgan fingerprint density at radius 3 is 2.68 bits per heavy atom. The monoisotopic (exact) mass is 288 g/mol. The van der Waals surface area contributed by atoms with E-state index in [1.54, 1.807) is 19.2 Å². The lowest BCUT2D eigenvalue weighted by Gasteiger charge is -2.08. The maximum absolute atomic E-state index is 11.4. The summed E-state index contributed by atoms with van der Waals surface area (Å²) in [6.45, 7) is 4.30. The SMILES string of the molecule is CCNCCNC(=O)COc1cccc(OC)c1.Cl. The van der Waals surface area contributed by atoms with E-state index < -0.39 is 0 Å². The molecule has 0 aliphatic rings. The van der Waals surface area contributed by atoms with E-state index in [0.29, 0.717) is 18.0 Å². The summed E-state index contributed by atoms with van der Waals surface area (Å²) in [5.41, 5.74) is 0. The molecule has 2 N–H and O–H groups in total. The van der Waals surface area contributed by atoms with Gasteiger partial charge in [0.2, 0.25) is 0 Å². The van der Waals surface area contributed by atoms with Gasteiger partial charge < -0.3 is 20.1 Å². The van der Waals surface area contributed by atoms with Crippen molar-refractivity contribution in [1.29, 1.82) is 0 Å². The molecule has 0 aliphatic heterocycles. The number of likely N-dealkylation sites (N-methyl/N-ethyl adjacent to an activating group) is 1. The first-order chi connectivity index (χ1) is 8.76.